The molecule has 1 saturated heterocycles. The molecule has 0 aromatic heterocycles. The van der Waals surface area contributed by atoms with Gasteiger partial charge in [-0.15, -0.1) is 0 Å². The minimum Gasteiger partial charge on any atom is -0.348 e. The highest BCUT2D eigenvalue weighted by atomic mass is 79.9. The molecule has 1 aliphatic heterocycles. The molecule has 0 unspecified atom stereocenters. The molecule has 0 aliphatic carbocycles. The molecule has 0 radical (unpaired) electrons. The zero-order valence-electron chi connectivity index (χ0n) is 8.90. The predicted molar refractivity (Wildman–Crippen MR) is 62.8 cm³/mol. The van der Waals surface area contributed by atoms with Gasteiger partial charge in [-0.3, -0.25) is 4.79 Å². The molecule has 2 N–H and O–H groups in total. The summed E-state index contributed by atoms with van der Waals surface area (Å²) in [5.41, 5.74) is -0.528. The van der Waals surface area contributed by atoms with E-state index in [2.05, 4.69) is 26.6 Å². The van der Waals surface area contributed by atoms with Crippen LogP contribution in [-0.4, -0.2) is 25.0 Å². The molecule has 92 valence electrons. The number of hydrogen-bond donors (Lipinski definition) is 2. The Morgan fingerprint density at radius 1 is 1.41 bits per heavy atom. The Kier molecular flexibility index (Phi) is 3.73. The fourth-order valence-electron chi connectivity index (χ4n) is 1.79. The van der Waals surface area contributed by atoms with E-state index in [0.717, 1.165) is 25.1 Å². The molecule has 1 aromatic carbocycles. The van der Waals surface area contributed by atoms with Crippen molar-refractivity contribution in [2.45, 2.75) is 12.5 Å². The molecule has 1 heterocycles. The Bertz CT molecular complexity index is 424. The van der Waals surface area contributed by atoms with Gasteiger partial charge in [0.1, 0.15) is 17.2 Å². The normalized spacial score (nSPS) is 19.4. The first kappa shape index (κ1) is 12.4. The van der Waals surface area contributed by atoms with Crippen molar-refractivity contribution in [2.24, 2.45) is 0 Å². The quantitative estimate of drug-likeness (QED) is 0.875. The molecule has 6 heteroatoms. The van der Waals surface area contributed by atoms with Crippen molar-refractivity contribution in [2.75, 3.05) is 13.1 Å². The standard InChI is InChI=1S/C11H11BrF2N2O/c12-6-3-8(13)10(9(14)4-6)11(17)16-7-1-2-15-5-7/h3-4,7,15H,1-2,5H2,(H,16,17)/t7-/m1/s1. The van der Waals surface area contributed by atoms with Crippen LogP contribution < -0.4 is 10.6 Å². The first-order valence-corrected chi connectivity index (χ1v) is 6.03. The minimum absolute atomic E-state index is 0.0649. The summed E-state index contributed by atoms with van der Waals surface area (Å²) in [5, 5.41) is 5.66. The van der Waals surface area contributed by atoms with Gasteiger partial charge in [0, 0.05) is 17.1 Å². The number of halogens is 3. The Morgan fingerprint density at radius 2 is 2.06 bits per heavy atom. The summed E-state index contributed by atoms with van der Waals surface area (Å²) < 4.78 is 27.2. The van der Waals surface area contributed by atoms with Crippen LogP contribution in [0.2, 0.25) is 0 Å². The lowest BCUT2D eigenvalue weighted by atomic mass is 10.1. The molecule has 0 saturated carbocycles. The first-order valence-electron chi connectivity index (χ1n) is 5.24. The SMILES string of the molecule is O=C(N[C@@H]1CCNC1)c1c(F)cc(Br)cc1F. The van der Waals surface area contributed by atoms with Crippen LogP contribution in [0.4, 0.5) is 8.78 Å². The molecule has 17 heavy (non-hydrogen) atoms. The van der Waals surface area contributed by atoms with Gasteiger partial charge in [0.2, 0.25) is 0 Å². The number of carbonyl (C=O) groups is 1. The maximum Gasteiger partial charge on any atom is 0.257 e. The average molecular weight is 305 g/mol. The second kappa shape index (κ2) is 5.10. The Balaban J connectivity index is 2.18. The van der Waals surface area contributed by atoms with E-state index < -0.39 is 23.1 Å². The number of hydrogen-bond acceptors (Lipinski definition) is 2. The molecular formula is C11H11BrF2N2O. The third-order valence-electron chi connectivity index (χ3n) is 2.63. The lowest BCUT2D eigenvalue weighted by Crippen LogP contribution is -2.37. The highest BCUT2D eigenvalue weighted by molar-refractivity contribution is 9.10. The van der Waals surface area contributed by atoms with E-state index in [4.69, 9.17) is 0 Å². The lowest BCUT2D eigenvalue weighted by Gasteiger charge is -2.12. The van der Waals surface area contributed by atoms with Crippen molar-refractivity contribution >= 4 is 21.8 Å². The second-order valence-electron chi connectivity index (χ2n) is 3.91. The van der Waals surface area contributed by atoms with Crippen LogP contribution in [0.25, 0.3) is 0 Å². The van der Waals surface area contributed by atoms with E-state index in [-0.39, 0.29) is 10.5 Å². The molecule has 0 bridgehead atoms. The number of rotatable bonds is 2. The zero-order valence-corrected chi connectivity index (χ0v) is 10.5. The first-order chi connectivity index (χ1) is 8.08. The maximum atomic E-state index is 13.5. The number of benzene rings is 1. The highest BCUT2D eigenvalue weighted by Crippen LogP contribution is 2.19. The van der Waals surface area contributed by atoms with Crippen LogP contribution in [0.1, 0.15) is 16.8 Å². The summed E-state index contributed by atoms with van der Waals surface area (Å²) in [7, 11) is 0. The zero-order chi connectivity index (χ0) is 12.4. The minimum atomic E-state index is -0.861. The van der Waals surface area contributed by atoms with Crippen molar-refractivity contribution in [3.63, 3.8) is 0 Å². The molecule has 1 aromatic rings. The van der Waals surface area contributed by atoms with Crippen molar-refractivity contribution < 1.29 is 13.6 Å². The van der Waals surface area contributed by atoms with Gasteiger partial charge in [0.15, 0.2) is 0 Å². The molecule has 0 spiro atoms. The number of amides is 1. The highest BCUT2D eigenvalue weighted by Gasteiger charge is 2.22. The van der Waals surface area contributed by atoms with Crippen molar-refractivity contribution in [1.29, 1.82) is 0 Å². The van der Waals surface area contributed by atoms with Crippen molar-refractivity contribution in [1.82, 2.24) is 10.6 Å². The average Bonchev–Trinajstić information content (AvgIpc) is 2.68. The summed E-state index contributed by atoms with van der Waals surface area (Å²) >= 11 is 2.96. The van der Waals surface area contributed by atoms with Gasteiger partial charge in [-0.1, -0.05) is 15.9 Å². The van der Waals surface area contributed by atoms with Gasteiger partial charge < -0.3 is 10.6 Å². The Morgan fingerprint density at radius 3 is 2.59 bits per heavy atom. The largest absolute Gasteiger partial charge is 0.348 e. The third-order valence-corrected chi connectivity index (χ3v) is 3.09. The van der Waals surface area contributed by atoms with Gasteiger partial charge >= 0.3 is 0 Å². The topological polar surface area (TPSA) is 41.1 Å². The van der Waals surface area contributed by atoms with Crippen molar-refractivity contribution in [3.8, 4) is 0 Å². The fourth-order valence-corrected chi connectivity index (χ4v) is 2.20. The van der Waals surface area contributed by atoms with E-state index in [9.17, 15) is 13.6 Å². The maximum absolute atomic E-state index is 13.5. The van der Waals surface area contributed by atoms with Crippen LogP contribution >= 0.6 is 15.9 Å². The van der Waals surface area contributed by atoms with Crippen LogP contribution in [0.15, 0.2) is 16.6 Å². The Labute approximate surface area is 106 Å². The smallest absolute Gasteiger partial charge is 0.257 e. The summed E-state index contributed by atoms with van der Waals surface area (Å²) in [4.78, 5) is 11.7. The third kappa shape index (κ3) is 2.81. The van der Waals surface area contributed by atoms with Gasteiger partial charge in [0.25, 0.3) is 5.91 Å². The molecule has 1 amide bonds. The van der Waals surface area contributed by atoms with Gasteiger partial charge in [0.05, 0.1) is 0 Å². The molecule has 1 atom stereocenters. The molecule has 1 fully saturated rings. The summed E-state index contributed by atoms with van der Waals surface area (Å²) in [5.74, 6) is -2.43. The molecular weight excluding hydrogens is 294 g/mol. The van der Waals surface area contributed by atoms with E-state index in [1.807, 2.05) is 0 Å². The summed E-state index contributed by atoms with van der Waals surface area (Å²) in [6.07, 6.45) is 0.769. The van der Waals surface area contributed by atoms with Crippen LogP contribution in [-0.2, 0) is 0 Å². The van der Waals surface area contributed by atoms with Crippen LogP contribution in [0.3, 0.4) is 0 Å². The van der Waals surface area contributed by atoms with E-state index in [1.165, 1.54) is 0 Å². The van der Waals surface area contributed by atoms with Gasteiger partial charge in [-0.25, -0.2) is 8.78 Å². The van der Waals surface area contributed by atoms with Crippen molar-refractivity contribution in [3.05, 3.63) is 33.8 Å². The van der Waals surface area contributed by atoms with E-state index in [0.29, 0.717) is 6.54 Å². The predicted octanol–water partition coefficient (Wildman–Crippen LogP) is 1.82. The number of carbonyl (C=O) groups excluding carboxylic acids is 1. The van der Waals surface area contributed by atoms with E-state index >= 15 is 0 Å². The molecule has 3 nitrogen and oxygen atoms in total. The van der Waals surface area contributed by atoms with Crippen LogP contribution in [0.5, 0.6) is 0 Å². The molecule has 2 rings (SSSR count). The van der Waals surface area contributed by atoms with Crippen LogP contribution in [0, 0.1) is 11.6 Å². The van der Waals surface area contributed by atoms with Gasteiger partial charge in [-0.2, -0.15) is 0 Å². The number of nitrogens with one attached hydrogen (secondary N) is 2. The Hall–Kier alpha value is -1.01. The molecule has 1 aliphatic rings. The second-order valence-corrected chi connectivity index (χ2v) is 4.82. The monoisotopic (exact) mass is 304 g/mol. The van der Waals surface area contributed by atoms with E-state index in [1.54, 1.807) is 0 Å². The van der Waals surface area contributed by atoms with Gasteiger partial charge in [-0.05, 0) is 25.1 Å². The summed E-state index contributed by atoms with van der Waals surface area (Å²) in [6, 6.07) is 2.08. The fraction of sp³-hybridized carbons (Fsp3) is 0.364. The summed E-state index contributed by atoms with van der Waals surface area (Å²) in [6.45, 7) is 1.43. The lowest BCUT2D eigenvalue weighted by molar-refractivity contribution is 0.0931.